The minimum absolute atomic E-state index is 0.664. The van der Waals surface area contributed by atoms with Gasteiger partial charge in [0.05, 0.1) is 6.26 Å². The van der Waals surface area contributed by atoms with Crippen LogP contribution >= 0.6 is 0 Å². The lowest BCUT2D eigenvalue weighted by molar-refractivity contribution is 0.480. The molecule has 3 aromatic heterocycles. The molecule has 0 aromatic carbocycles. The highest BCUT2D eigenvalue weighted by molar-refractivity contribution is 5.66. The number of fused-ring (bicyclic) bond motifs is 1. The molecule has 0 atom stereocenters. The first-order chi connectivity index (χ1) is 7.92. The van der Waals surface area contributed by atoms with Crippen molar-refractivity contribution in [2.45, 2.75) is 12.8 Å². The van der Waals surface area contributed by atoms with E-state index >= 15 is 0 Å². The van der Waals surface area contributed by atoms with Gasteiger partial charge in [-0.25, -0.2) is 4.98 Å². The van der Waals surface area contributed by atoms with Crippen LogP contribution in [0, 0.1) is 0 Å². The maximum absolute atomic E-state index is 5.55. The van der Waals surface area contributed by atoms with Gasteiger partial charge in [-0.2, -0.15) is 4.98 Å². The molecule has 3 heterocycles. The zero-order valence-corrected chi connectivity index (χ0v) is 8.59. The number of rotatable bonds is 3. The molecule has 0 unspecified atom stereocenters. The fourth-order valence-corrected chi connectivity index (χ4v) is 1.61. The van der Waals surface area contributed by atoms with Crippen LogP contribution < -0.4 is 0 Å². The van der Waals surface area contributed by atoms with Crippen LogP contribution in [0.5, 0.6) is 0 Å². The smallest absolute Gasteiger partial charge is 0.198 e. The van der Waals surface area contributed by atoms with E-state index in [1.807, 2.05) is 24.3 Å². The summed E-state index contributed by atoms with van der Waals surface area (Å²) >= 11 is 0. The summed E-state index contributed by atoms with van der Waals surface area (Å²) in [6, 6.07) is 7.53. The van der Waals surface area contributed by atoms with E-state index in [9.17, 15) is 0 Å². The zero-order chi connectivity index (χ0) is 10.8. The van der Waals surface area contributed by atoms with Crippen molar-refractivity contribution in [1.29, 1.82) is 0 Å². The predicted molar refractivity (Wildman–Crippen MR) is 57.9 cm³/mol. The first kappa shape index (κ1) is 9.15. The summed E-state index contributed by atoms with van der Waals surface area (Å²) in [6.07, 6.45) is 4.90. The van der Waals surface area contributed by atoms with Crippen LogP contribution in [-0.4, -0.2) is 9.97 Å². The first-order valence-corrected chi connectivity index (χ1v) is 5.14. The summed E-state index contributed by atoms with van der Waals surface area (Å²) in [7, 11) is 0. The highest BCUT2D eigenvalue weighted by atomic mass is 16.3. The molecule has 0 saturated carbocycles. The van der Waals surface area contributed by atoms with Crippen molar-refractivity contribution in [2.75, 3.05) is 0 Å². The first-order valence-electron chi connectivity index (χ1n) is 5.14. The lowest BCUT2D eigenvalue weighted by Gasteiger charge is -1.91. The highest BCUT2D eigenvalue weighted by Gasteiger charge is 2.06. The Morgan fingerprint density at radius 3 is 2.94 bits per heavy atom. The Kier molecular flexibility index (Phi) is 2.18. The van der Waals surface area contributed by atoms with Gasteiger partial charge in [0.25, 0.3) is 0 Å². The van der Waals surface area contributed by atoms with E-state index in [2.05, 4.69) is 9.97 Å². The van der Waals surface area contributed by atoms with Crippen LogP contribution in [0.15, 0.2) is 45.6 Å². The van der Waals surface area contributed by atoms with E-state index < -0.39 is 0 Å². The molecule has 80 valence electrons. The van der Waals surface area contributed by atoms with Crippen LogP contribution in [0.3, 0.4) is 0 Å². The van der Waals surface area contributed by atoms with Crippen molar-refractivity contribution in [3.05, 3.63) is 48.4 Å². The van der Waals surface area contributed by atoms with Crippen LogP contribution in [-0.2, 0) is 12.8 Å². The van der Waals surface area contributed by atoms with E-state index in [1.54, 1.807) is 12.5 Å². The Labute approximate surface area is 91.9 Å². The average Bonchev–Trinajstić information content (AvgIpc) is 2.95. The number of pyridine rings is 1. The molecule has 4 nitrogen and oxygen atoms in total. The molecule has 16 heavy (non-hydrogen) atoms. The lowest BCUT2D eigenvalue weighted by atomic mass is 10.2. The minimum atomic E-state index is 0.664. The van der Waals surface area contributed by atoms with Gasteiger partial charge in [0.1, 0.15) is 5.76 Å². The fourth-order valence-electron chi connectivity index (χ4n) is 1.61. The molecule has 0 spiro atoms. The predicted octanol–water partition coefficient (Wildman–Crippen LogP) is 2.60. The van der Waals surface area contributed by atoms with Gasteiger partial charge in [0.15, 0.2) is 17.1 Å². The molecule has 0 fully saturated rings. The molecule has 3 aromatic rings. The Morgan fingerprint density at radius 1 is 1.12 bits per heavy atom. The second kappa shape index (κ2) is 3.81. The molecule has 3 rings (SSSR count). The molecular weight excluding hydrogens is 204 g/mol. The molecule has 0 aliphatic rings. The van der Waals surface area contributed by atoms with E-state index in [-0.39, 0.29) is 0 Å². The van der Waals surface area contributed by atoms with Gasteiger partial charge in [0.2, 0.25) is 0 Å². The van der Waals surface area contributed by atoms with Gasteiger partial charge in [-0.3, -0.25) is 0 Å². The molecule has 0 N–H and O–H groups in total. The molecule has 0 amide bonds. The SMILES string of the molecule is c1coc(CCc2nc3ncccc3o2)c1. The van der Waals surface area contributed by atoms with Crippen molar-refractivity contribution in [3.63, 3.8) is 0 Å². The molecule has 0 bridgehead atoms. The summed E-state index contributed by atoms with van der Waals surface area (Å²) in [5, 5.41) is 0. The van der Waals surface area contributed by atoms with Gasteiger partial charge in [0, 0.05) is 19.0 Å². The maximum Gasteiger partial charge on any atom is 0.198 e. The summed E-state index contributed by atoms with van der Waals surface area (Å²) in [6.45, 7) is 0. The van der Waals surface area contributed by atoms with Crippen molar-refractivity contribution < 1.29 is 8.83 Å². The van der Waals surface area contributed by atoms with E-state index in [0.29, 0.717) is 11.5 Å². The standard InChI is InChI=1S/C12H10N2O2/c1-4-10-12(13-7-1)14-11(16-10)6-5-9-3-2-8-15-9/h1-4,7-8H,5-6H2. The quantitative estimate of drug-likeness (QED) is 0.672. The van der Waals surface area contributed by atoms with Gasteiger partial charge in [-0.15, -0.1) is 0 Å². The van der Waals surface area contributed by atoms with Crippen LogP contribution in [0.4, 0.5) is 0 Å². The number of hydrogen-bond donors (Lipinski definition) is 0. The largest absolute Gasteiger partial charge is 0.469 e. The molecule has 0 aliphatic heterocycles. The van der Waals surface area contributed by atoms with Crippen LogP contribution in [0.2, 0.25) is 0 Å². The molecule has 0 radical (unpaired) electrons. The third-order valence-corrected chi connectivity index (χ3v) is 2.37. The fraction of sp³-hybridized carbons (Fsp3) is 0.167. The third-order valence-electron chi connectivity index (χ3n) is 2.37. The van der Waals surface area contributed by atoms with Crippen molar-refractivity contribution >= 4 is 11.2 Å². The van der Waals surface area contributed by atoms with Crippen LogP contribution in [0.25, 0.3) is 11.2 Å². The summed E-state index contributed by atoms with van der Waals surface area (Å²) in [5.41, 5.74) is 1.40. The topological polar surface area (TPSA) is 52.1 Å². The van der Waals surface area contributed by atoms with Crippen molar-refractivity contribution in [2.24, 2.45) is 0 Å². The summed E-state index contributed by atoms with van der Waals surface area (Å²) < 4.78 is 10.8. The van der Waals surface area contributed by atoms with Crippen molar-refractivity contribution in [1.82, 2.24) is 9.97 Å². The van der Waals surface area contributed by atoms with E-state index in [0.717, 1.165) is 24.2 Å². The van der Waals surface area contributed by atoms with E-state index in [4.69, 9.17) is 8.83 Å². The number of hydrogen-bond acceptors (Lipinski definition) is 4. The van der Waals surface area contributed by atoms with Gasteiger partial charge in [-0.1, -0.05) is 0 Å². The Balaban J connectivity index is 1.79. The number of aromatic nitrogens is 2. The number of furan rings is 1. The summed E-state index contributed by atoms with van der Waals surface area (Å²) in [4.78, 5) is 8.41. The average molecular weight is 214 g/mol. The second-order valence-corrected chi connectivity index (χ2v) is 3.51. The Morgan fingerprint density at radius 2 is 2.12 bits per heavy atom. The summed E-state index contributed by atoms with van der Waals surface area (Å²) in [5.74, 6) is 1.64. The van der Waals surface area contributed by atoms with Gasteiger partial charge < -0.3 is 8.83 Å². The molecular formula is C12H10N2O2. The Hall–Kier alpha value is -2.10. The van der Waals surface area contributed by atoms with Gasteiger partial charge >= 0.3 is 0 Å². The number of aryl methyl sites for hydroxylation is 2. The maximum atomic E-state index is 5.55. The monoisotopic (exact) mass is 214 g/mol. The second-order valence-electron chi connectivity index (χ2n) is 3.51. The third kappa shape index (κ3) is 1.69. The lowest BCUT2D eigenvalue weighted by Crippen LogP contribution is -1.89. The molecule has 0 aliphatic carbocycles. The van der Waals surface area contributed by atoms with Crippen LogP contribution in [0.1, 0.15) is 11.7 Å². The number of oxazole rings is 1. The zero-order valence-electron chi connectivity index (χ0n) is 8.59. The van der Waals surface area contributed by atoms with E-state index in [1.165, 1.54) is 0 Å². The molecule has 0 saturated heterocycles. The van der Waals surface area contributed by atoms with Crippen molar-refractivity contribution in [3.8, 4) is 0 Å². The molecule has 4 heteroatoms. The Bertz CT molecular complexity index is 551. The minimum Gasteiger partial charge on any atom is -0.469 e. The normalized spacial score (nSPS) is 11.0. The van der Waals surface area contributed by atoms with Gasteiger partial charge in [-0.05, 0) is 24.3 Å². The number of nitrogens with zero attached hydrogens (tertiary/aromatic N) is 2. The highest BCUT2D eigenvalue weighted by Crippen LogP contribution is 2.14.